The molecule has 5 nitrogen and oxygen atoms in total. The number of piperazine rings is 1. The summed E-state index contributed by atoms with van der Waals surface area (Å²) in [6, 6.07) is 14.5. The van der Waals surface area contributed by atoms with Crippen molar-refractivity contribution in [1.29, 1.82) is 5.26 Å². The molecule has 0 saturated carbocycles. The average molecular weight is 373 g/mol. The maximum Gasteiger partial charge on any atom is 0.321 e. The standard InChI is InChI=1S/C19H18ClFN4O/c20-15-3-7-17(8-4-15)23-19(26)25-11-9-24(10-12-25)18(13-22)14-1-5-16(21)6-2-14/h1-8,18H,9-12H2,(H,23,26). The van der Waals surface area contributed by atoms with Crippen LogP contribution in [0.3, 0.4) is 0 Å². The van der Waals surface area contributed by atoms with Gasteiger partial charge < -0.3 is 10.2 Å². The van der Waals surface area contributed by atoms with Crippen LogP contribution in [0.4, 0.5) is 14.9 Å². The first-order chi connectivity index (χ1) is 12.6. The number of nitrogens with one attached hydrogen (secondary N) is 1. The number of carbonyl (C=O) groups excluding carboxylic acids is 1. The Morgan fingerprint density at radius 3 is 2.27 bits per heavy atom. The molecule has 0 bridgehead atoms. The lowest BCUT2D eigenvalue weighted by molar-refractivity contribution is 0.131. The number of nitrogens with zero attached hydrogens (tertiary/aromatic N) is 3. The minimum absolute atomic E-state index is 0.178. The van der Waals surface area contributed by atoms with Gasteiger partial charge in [-0.25, -0.2) is 9.18 Å². The summed E-state index contributed by atoms with van der Waals surface area (Å²) in [7, 11) is 0. The molecule has 2 amide bonds. The molecular weight excluding hydrogens is 355 g/mol. The van der Waals surface area contributed by atoms with E-state index in [1.165, 1.54) is 12.1 Å². The summed E-state index contributed by atoms with van der Waals surface area (Å²) in [6.45, 7) is 2.17. The predicted molar refractivity (Wildman–Crippen MR) is 98.4 cm³/mol. The van der Waals surface area contributed by atoms with Crippen LogP contribution >= 0.6 is 11.6 Å². The van der Waals surface area contributed by atoms with Crippen molar-refractivity contribution in [2.45, 2.75) is 6.04 Å². The lowest BCUT2D eigenvalue weighted by Crippen LogP contribution is -2.50. The lowest BCUT2D eigenvalue weighted by atomic mass is 10.1. The van der Waals surface area contributed by atoms with Crippen molar-refractivity contribution in [1.82, 2.24) is 9.80 Å². The van der Waals surface area contributed by atoms with Crippen molar-refractivity contribution < 1.29 is 9.18 Å². The van der Waals surface area contributed by atoms with Crippen molar-refractivity contribution >= 4 is 23.3 Å². The monoisotopic (exact) mass is 372 g/mol. The highest BCUT2D eigenvalue weighted by Gasteiger charge is 2.27. The largest absolute Gasteiger partial charge is 0.322 e. The van der Waals surface area contributed by atoms with Gasteiger partial charge in [0.05, 0.1) is 6.07 Å². The molecule has 26 heavy (non-hydrogen) atoms. The van der Waals surface area contributed by atoms with E-state index >= 15 is 0 Å². The molecule has 1 atom stereocenters. The minimum atomic E-state index is -0.447. The molecule has 1 aliphatic rings. The first-order valence-electron chi connectivity index (χ1n) is 8.27. The van der Waals surface area contributed by atoms with E-state index in [-0.39, 0.29) is 11.8 Å². The fraction of sp³-hybridized carbons (Fsp3) is 0.263. The predicted octanol–water partition coefficient (Wildman–Crippen LogP) is 3.89. The van der Waals surface area contributed by atoms with Crippen LogP contribution in [0.25, 0.3) is 0 Å². The molecule has 1 aliphatic heterocycles. The number of urea groups is 1. The second-order valence-electron chi connectivity index (χ2n) is 6.04. The van der Waals surface area contributed by atoms with E-state index in [2.05, 4.69) is 11.4 Å². The molecule has 3 rings (SSSR count). The van der Waals surface area contributed by atoms with Gasteiger partial charge in [0, 0.05) is 36.9 Å². The lowest BCUT2D eigenvalue weighted by Gasteiger charge is -2.37. The third-order valence-corrected chi connectivity index (χ3v) is 4.62. The van der Waals surface area contributed by atoms with Gasteiger partial charge in [-0.1, -0.05) is 23.7 Å². The molecule has 2 aromatic rings. The number of amides is 2. The molecular formula is C19H18ClFN4O. The molecule has 2 aromatic carbocycles. The zero-order valence-electron chi connectivity index (χ0n) is 14.0. The smallest absolute Gasteiger partial charge is 0.321 e. The molecule has 0 aliphatic carbocycles. The normalized spacial score (nSPS) is 16.0. The van der Waals surface area contributed by atoms with E-state index in [1.807, 2.05) is 4.90 Å². The average Bonchev–Trinajstić information content (AvgIpc) is 2.66. The van der Waals surface area contributed by atoms with Gasteiger partial charge in [0.25, 0.3) is 0 Å². The molecule has 7 heteroatoms. The first kappa shape index (κ1) is 18.2. The summed E-state index contributed by atoms with van der Waals surface area (Å²) >= 11 is 5.84. The number of hydrogen-bond donors (Lipinski definition) is 1. The van der Waals surface area contributed by atoms with Crippen LogP contribution in [0.2, 0.25) is 5.02 Å². The summed E-state index contributed by atoms with van der Waals surface area (Å²) in [5.41, 5.74) is 1.44. The third kappa shape index (κ3) is 4.31. The second kappa shape index (κ2) is 8.17. The SMILES string of the molecule is N#CC(c1ccc(F)cc1)N1CCN(C(=O)Nc2ccc(Cl)cc2)CC1. The highest BCUT2D eigenvalue weighted by molar-refractivity contribution is 6.30. The van der Waals surface area contributed by atoms with E-state index in [0.29, 0.717) is 36.9 Å². The van der Waals surface area contributed by atoms with Gasteiger partial charge >= 0.3 is 6.03 Å². The van der Waals surface area contributed by atoms with Crippen molar-refractivity contribution in [3.8, 4) is 6.07 Å². The maximum absolute atomic E-state index is 13.1. The van der Waals surface area contributed by atoms with E-state index in [0.717, 1.165) is 5.56 Å². The molecule has 0 aromatic heterocycles. The topological polar surface area (TPSA) is 59.4 Å². The van der Waals surface area contributed by atoms with E-state index in [4.69, 9.17) is 11.6 Å². The number of anilines is 1. The Balaban J connectivity index is 1.57. The summed E-state index contributed by atoms with van der Waals surface area (Å²) in [5, 5.41) is 13.0. The quantitative estimate of drug-likeness (QED) is 0.889. The zero-order valence-corrected chi connectivity index (χ0v) is 14.8. The van der Waals surface area contributed by atoms with Gasteiger partial charge in [-0.2, -0.15) is 5.26 Å². The van der Waals surface area contributed by atoms with Crippen LogP contribution in [-0.4, -0.2) is 42.0 Å². The highest BCUT2D eigenvalue weighted by atomic mass is 35.5. The summed E-state index contributed by atoms with van der Waals surface area (Å²) in [6.07, 6.45) is 0. The Morgan fingerprint density at radius 1 is 1.08 bits per heavy atom. The number of halogens is 2. The molecule has 1 fully saturated rings. The highest BCUT2D eigenvalue weighted by Crippen LogP contribution is 2.22. The number of carbonyl (C=O) groups is 1. The minimum Gasteiger partial charge on any atom is -0.322 e. The Morgan fingerprint density at radius 2 is 1.69 bits per heavy atom. The molecule has 1 heterocycles. The van der Waals surface area contributed by atoms with Crippen molar-refractivity contribution in [2.24, 2.45) is 0 Å². The Bertz CT molecular complexity index is 796. The van der Waals surface area contributed by atoms with Gasteiger partial charge in [0.2, 0.25) is 0 Å². The number of nitriles is 1. The van der Waals surface area contributed by atoms with E-state index < -0.39 is 6.04 Å². The van der Waals surface area contributed by atoms with Crippen LogP contribution < -0.4 is 5.32 Å². The molecule has 1 N–H and O–H groups in total. The number of benzene rings is 2. The number of rotatable bonds is 3. The van der Waals surface area contributed by atoms with Gasteiger partial charge in [-0.3, -0.25) is 4.90 Å². The van der Waals surface area contributed by atoms with Crippen LogP contribution in [0.15, 0.2) is 48.5 Å². The van der Waals surface area contributed by atoms with E-state index in [9.17, 15) is 14.4 Å². The summed E-state index contributed by atoms with van der Waals surface area (Å²) in [4.78, 5) is 16.1. The molecule has 1 unspecified atom stereocenters. The molecule has 0 radical (unpaired) electrons. The van der Waals surface area contributed by atoms with Gasteiger partial charge in [-0.15, -0.1) is 0 Å². The van der Waals surface area contributed by atoms with Crippen molar-refractivity contribution in [3.63, 3.8) is 0 Å². The van der Waals surface area contributed by atoms with E-state index in [1.54, 1.807) is 41.3 Å². The third-order valence-electron chi connectivity index (χ3n) is 4.37. The first-order valence-corrected chi connectivity index (χ1v) is 8.65. The van der Waals surface area contributed by atoms with Crippen LogP contribution in [0.1, 0.15) is 11.6 Å². The van der Waals surface area contributed by atoms with Gasteiger partial charge in [0.15, 0.2) is 0 Å². The maximum atomic E-state index is 13.1. The Hall–Kier alpha value is -2.62. The fourth-order valence-electron chi connectivity index (χ4n) is 2.93. The Labute approximate surface area is 156 Å². The summed E-state index contributed by atoms with van der Waals surface area (Å²) < 4.78 is 13.1. The second-order valence-corrected chi connectivity index (χ2v) is 6.48. The number of hydrogen-bond acceptors (Lipinski definition) is 3. The van der Waals surface area contributed by atoms with Crippen molar-refractivity contribution in [3.05, 3.63) is 64.9 Å². The van der Waals surface area contributed by atoms with Gasteiger partial charge in [0.1, 0.15) is 11.9 Å². The zero-order chi connectivity index (χ0) is 18.5. The Kier molecular flexibility index (Phi) is 5.71. The van der Waals surface area contributed by atoms with Crippen LogP contribution in [-0.2, 0) is 0 Å². The molecule has 1 saturated heterocycles. The molecule has 134 valence electrons. The van der Waals surface area contributed by atoms with Crippen LogP contribution in [0, 0.1) is 17.1 Å². The van der Waals surface area contributed by atoms with Gasteiger partial charge in [-0.05, 0) is 42.0 Å². The molecule has 0 spiro atoms. The summed E-state index contributed by atoms with van der Waals surface area (Å²) in [5.74, 6) is -0.325. The van der Waals surface area contributed by atoms with Crippen LogP contribution in [0.5, 0.6) is 0 Å². The fourth-order valence-corrected chi connectivity index (χ4v) is 3.06. The van der Waals surface area contributed by atoms with Crippen molar-refractivity contribution in [2.75, 3.05) is 31.5 Å².